The van der Waals surface area contributed by atoms with Gasteiger partial charge in [0.05, 0.1) is 12.1 Å². The molecule has 0 saturated heterocycles. The summed E-state index contributed by atoms with van der Waals surface area (Å²) in [6, 6.07) is 7.57. The fourth-order valence-electron chi connectivity index (χ4n) is 1.61. The smallest absolute Gasteiger partial charge is 0.145 e. The van der Waals surface area contributed by atoms with Crippen molar-refractivity contribution in [2.75, 3.05) is 13.4 Å². The molecule has 17 heavy (non-hydrogen) atoms. The largest absolute Gasteiger partial charge is 0.494 e. The van der Waals surface area contributed by atoms with E-state index in [0.29, 0.717) is 26.9 Å². The molecule has 0 radical (unpaired) electrons. The first-order valence-electron chi connectivity index (χ1n) is 4.83. The molecular weight excluding hydrogens is 256 g/mol. The summed E-state index contributed by atoms with van der Waals surface area (Å²) < 4.78 is 5.24. The molecule has 0 unspecified atom stereocenters. The Morgan fingerprint density at radius 1 is 1.47 bits per heavy atom. The standard InChI is InChI=1S/C12H9ClN2OS/c1-16-9-5-3-4-7-10(13)8(6-14)12(17-2)15-11(7)9/h3-5H,1-2H3. The molecule has 3 nitrogen and oxygen atoms in total. The van der Waals surface area contributed by atoms with Gasteiger partial charge >= 0.3 is 0 Å². The van der Waals surface area contributed by atoms with Gasteiger partial charge in [-0.3, -0.25) is 0 Å². The first-order chi connectivity index (χ1) is 8.22. The van der Waals surface area contributed by atoms with E-state index in [1.807, 2.05) is 24.5 Å². The molecule has 0 aliphatic carbocycles. The summed E-state index contributed by atoms with van der Waals surface area (Å²) in [5.41, 5.74) is 1.10. The van der Waals surface area contributed by atoms with Crippen molar-refractivity contribution in [1.29, 1.82) is 5.26 Å². The second-order valence-corrected chi connectivity index (χ2v) is 4.45. The van der Waals surface area contributed by atoms with Crippen molar-refractivity contribution in [3.05, 3.63) is 28.8 Å². The van der Waals surface area contributed by atoms with Crippen LogP contribution in [-0.4, -0.2) is 18.3 Å². The summed E-state index contributed by atoms with van der Waals surface area (Å²) in [6.07, 6.45) is 1.86. The summed E-state index contributed by atoms with van der Waals surface area (Å²) in [5.74, 6) is 0.657. The lowest BCUT2D eigenvalue weighted by Gasteiger charge is -2.09. The van der Waals surface area contributed by atoms with E-state index in [0.717, 1.165) is 5.39 Å². The van der Waals surface area contributed by atoms with Crippen LogP contribution in [-0.2, 0) is 0 Å². The summed E-state index contributed by atoms with van der Waals surface area (Å²) in [4.78, 5) is 4.43. The van der Waals surface area contributed by atoms with Crippen LogP contribution in [0.15, 0.2) is 23.2 Å². The summed E-state index contributed by atoms with van der Waals surface area (Å²) in [6.45, 7) is 0. The number of hydrogen-bond acceptors (Lipinski definition) is 4. The predicted octanol–water partition coefficient (Wildman–Crippen LogP) is 3.49. The molecule has 0 aliphatic heterocycles. The number of para-hydroxylation sites is 1. The van der Waals surface area contributed by atoms with Crippen LogP contribution < -0.4 is 4.74 Å². The highest BCUT2D eigenvalue weighted by Crippen LogP contribution is 2.35. The summed E-state index contributed by atoms with van der Waals surface area (Å²) in [5, 5.41) is 10.9. The minimum Gasteiger partial charge on any atom is -0.494 e. The fourth-order valence-corrected chi connectivity index (χ4v) is 2.48. The minimum absolute atomic E-state index is 0.417. The number of benzene rings is 1. The zero-order chi connectivity index (χ0) is 12.4. The molecule has 0 aliphatic rings. The van der Waals surface area contributed by atoms with E-state index in [4.69, 9.17) is 21.6 Å². The molecule has 0 spiro atoms. The van der Waals surface area contributed by atoms with Crippen molar-refractivity contribution in [1.82, 2.24) is 4.98 Å². The number of hydrogen-bond donors (Lipinski definition) is 0. The number of nitriles is 1. The lowest BCUT2D eigenvalue weighted by Crippen LogP contribution is -1.93. The normalized spacial score (nSPS) is 10.2. The third-order valence-corrected chi connectivity index (χ3v) is 3.48. The molecule has 2 rings (SSSR count). The number of aromatic nitrogens is 1. The lowest BCUT2D eigenvalue weighted by atomic mass is 10.1. The molecule has 0 amide bonds. The Morgan fingerprint density at radius 3 is 2.82 bits per heavy atom. The number of nitrogens with zero attached hydrogens (tertiary/aromatic N) is 2. The van der Waals surface area contributed by atoms with Crippen molar-refractivity contribution in [2.45, 2.75) is 5.03 Å². The Kier molecular flexibility index (Phi) is 3.41. The Bertz CT molecular complexity index is 622. The van der Waals surface area contributed by atoms with Gasteiger partial charge in [-0.1, -0.05) is 23.7 Å². The van der Waals surface area contributed by atoms with Crippen molar-refractivity contribution < 1.29 is 4.74 Å². The Balaban J connectivity index is 2.91. The molecule has 1 aromatic carbocycles. The van der Waals surface area contributed by atoms with E-state index in [9.17, 15) is 0 Å². The van der Waals surface area contributed by atoms with E-state index >= 15 is 0 Å². The summed E-state index contributed by atoms with van der Waals surface area (Å²) >= 11 is 7.62. The molecule has 5 heteroatoms. The Labute approximate surface area is 108 Å². The zero-order valence-electron chi connectivity index (χ0n) is 9.32. The van der Waals surface area contributed by atoms with E-state index in [2.05, 4.69) is 11.1 Å². The van der Waals surface area contributed by atoms with Crippen LogP contribution in [0.5, 0.6) is 5.75 Å². The number of rotatable bonds is 2. The second kappa shape index (κ2) is 4.82. The van der Waals surface area contributed by atoms with Crippen LogP contribution in [0.25, 0.3) is 10.9 Å². The Hall–Kier alpha value is -1.44. The van der Waals surface area contributed by atoms with Crippen molar-refractivity contribution in [2.24, 2.45) is 0 Å². The highest BCUT2D eigenvalue weighted by molar-refractivity contribution is 7.98. The highest BCUT2D eigenvalue weighted by Gasteiger charge is 2.15. The molecule has 0 saturated carbocycles. The van der Waals surface area contributed by atoms with E-state index in [-0.39, 0.29) is 0 Å². The number of thioether (sulfide) groups is 1. The quantitative estimate of drug-likeness (QED) is 0.779. The van der Waals surface area contributed by atoms with Gasteiger partial charge in [0.1, 0.15) is 27.9 Å². The van der Waals surface area contributed by atoms with Gasteiger partial charge in [0.15, 0.2) is 0 Å². The van der Waals surface area contributed by atoms with Crippen LogP contribution in [0.4, 0.5) is 0 Å². The van der Waals surface area contributed by atoms with Crippen LogP contribution in [0, 0.1) is 11.3 Å². The summed E-state index contributed by atoms with van der Waals surface area (Å²) in [7, 11) is 1.58. The van der Waals surface area contributed by atoms with Crippen molar-refractivity contribution in [3.8, 4) is 11.8 Å². The van der Waals surface area contributed by atoms with E-state index in [1.165, 1.54) is 11.8 Å². The third kappa shape index (κ3) is 1.92. The van der Waals surface area contributed by atoms with Gasteiger partial charge in [0, 0.05) is 5.39 Å². The van der Waals surface area contributed by atoms with Gasteiger partial charge in [-0.25, -0.2) is 4.98 Å². The SMILES string of the molecule is COc1cccc2c(Cl)c(C#N)c(SC)nc12. The maximum Gasteiger partial charge on any atom is 0.145 e. The first-order valence-corrected chi connectivity index (χ1v) is 6.43. The topological polar surface area (TPSA) is 45.9 Å². The van der Waals surface area contributed by atoms with Gasteiger partial charge in [0.25, 0.3) is 0 Å². The van der Waals surface area contributed by atoms with Gasteiger partial charge < -0.3 is 4.74 Å². The minimum atomic E-state index is 0.417. The first kappa shape index (κ1) is 12.0. The monoisotopic (exact) mass is 264 g/mol. The molecule has 86 valence electrons. The van der Waals surface area contributed by atoms with Crippen molar-refractivity contribution >= 4 is 34.3 Å². The zero-order valence-corrected chi connectivity index (χ0v) is 10.9. The van der Waals surface area contributed by atoms with E-state index in [1.54, 1.807) is 7.11 Å². The number of halogens is 1. The van der Waals surface area contributed by atoms with Crippen LogP contribution in [0.2, 0.25) is 5.02 Å². The average Bonchev–Trinajstić information content (AvgIpc) is 2.37. The second-order valence-electron chi connectivity index (χ2n) is 3.28. The van der Waals surface area contributed by atoms with Gasteiger partial charge in [-0.2, -0.15) is 5.26 Å². The molecule has 2 aromatic rings. The fraction of sp³-hybridized carbons (Fsp3) is 0.167. The molecule has 1 heterocycles. The molecule has 0 N–H and O–H groups in total. The predicted molar refractivity (Wildman–Crippen MR) is 69.8 cm³/mol. The molecule has 0 atom stereocenters. The highest BCUT2D eigenvalue weighted by atomic mass is 35.5. The van der Waals surface area contributed by atoms with Gasteiger partial charge in [-0.05, 0) is 12.3 Å². The number of fused-ring (bicyclic) bond motifs is 1. The molecule has 1 aromatic heterocycles. The van der Waals surface area contributed by atoms with Crippen LogP contribution in [0.3, 0.4) is 0 Å². The Morgan fingerprint density at radius 2 is 2.24 bits per heavy atom. The molecular formula is C12H9ClN2OS. The number of ether oxygens (including phenoxy) is 1. The maximum absolute atomic E-state index is 9.10. The molecule has 0 fully saturated rings. The van der Waals surface area contributed by atoms with Crippen molar-refractivity contribution in [3.63, 3.8) is 0 Å². The number of methoxy groups -OCH3 is 1. The van der Waals surface area contributed by atoms with Crippen LogP contribution in [0.1, 0.15) is 5.56 Å². The average molecular weight is 265 g/mol. The van der Waals surface area contributed by atoms with E-state index < -0.39 is 0 Å². The lowest BCUT2D eigenvalue weighted by molar-refractivity contribution is 0.418. The van der Waals surface area contributed by atoms with Gasteiger partial charge in [0.2, 0.25) is 0 Å². The van der Waals surface area contributed by atoms with Gasteiger partial charge in [-0.15, -0.1) is 11.8 Å². The maximum atomic E-state index is 9.10. The third-order valence-electron chi connectivity index (χ3n) is 2.41. The molecule has 0 bridgehead atoms. The van der Waals surface area contributed by atoms with Crippen LogP contribution >= 0.6 is 23.4 Å². The number of pyridine rings is 1.